The maximum atomic E-state index is 13.9. The van der Waals surface area contributed by atoms with Crippen molar-refractivity contribution in [3.63, 3.8) is 0 Å². The van der Waals surface area contributed by atoms with Gasteiger partial charge in [0.05, 0.1) is 10.6 Å². The smallest absolute Gasteiger partial charge is 0.243 e. The second-order valence-corrected chi connectivity index (χ2v) is 6.97. The number of rotatable bonds is 3. The molecule has 1 heterocycles. The first-order chi connectivity index (χ1) is 9.80. The number of nitrogens with zero attached hydrogens (tertiary/aromatic N) is 2. The Labute approximate surface area is 123 Å². The normalized spacial score (nSPS) is 17.7. The number of anilines is 1. The summed E-state index contributed by atoms with van der Waals surface area (Å²) in [5.41, 5.74) is -0.0279. The molecule has 0 spiro atoms. The van der Waals surface area contributed by atoms with Gasteiger partial charge < -0.3 is 10.2 Å². The average Bonchev–Trinajstić information content (AvgIpc) is 2.41. The summed E-state index contributed by atoms with van der Waals surface area (Å²) >= 11 is 0. The van der Waals surface area contributed by atoms with Gasteiger partial charge >= 0.3 is 0 Å². The van der Waals surface area contributed by atoms with Gasteiger partial charge in [-0.15, -0.1) is 0 Å². The molecule has 116 valence electrons. The van der Waals surface area contributed by atoms with Crippen LogP contribution in [0.2, 0.25) is 0 Å². The Bertz CT molecular complexity index is 640. The predicted octanol–water partition coefficient (Wildman–Crippen LogP) is 0.720. The Morgan fingerprint density at radius 3 is 2.38 bits per heavy atom. The van der Waals surface area contributed by atoms with Gasteiger partial charge in [0.25, 0.3) is 0 Å². The number of hydrogen-bond donors (Lipinski definition) is 1. The van der Waals surface area contributed by atoms with Crippen LogP contribution in [0.15, 0.2) is 23.1 Å². The molecular weight excluding hydrogens is 297 g/mol. The van der Waals surface area contributed by atoms with E-state index in [-0.39, 0.29) is 10.6 Å². The zero-order chi connectivity index (χ0) is 15.6. The van der Waals surface area contributed by atoms with Crippen molar-refractivity contribution in [1.29, 1.82) is 0 Å². The molecule has 1 fully saturated rings. The summed E-state index contributed by atoms with van der Waals surface area (Å²) in [5, 5.41) is 2.31. The van der Waals surface area contributed by atoms with E-state index in [1.807, 2.05) is 11.9 Å². The predicted molar refractivity (Wildman–Crippen MR) is 77.0 cm³/mol. The van der Waals surface area contributed by atoms with Crippen LogP contribution in [0.25, 0.3) is 0 Å². The van der Waals surface area contributed by atoms with Crippen molar-refractivity contribution in [1.82, 2.24) is 9.21 Å². The molecule has 1 aliphatic rings. The van der Waals surface area contributed by atoms with E-state index in [9.17, 15) is 17.6 Å². The summed E-state index contributed by atoms with van der Waals surface area (Å²) in [4.78, 5) is 12.9. The Kier molecular flexibility index (Phi) is 4.60. The van der Waals surface area contributed by atoms with E-state index >= 15 is 0 Å². The number of carbonyl (C=O) groups excluding carboxylic acids is 1. The molecule has 1 amide bonds. The second kappa shape index (κ2) is 6.08. The van der Waals surface area contributed by atoms with Gasteiger partial charge in [0.15, 0.2) is 0 Å². The monoisotopic (exact) mass is 315 g/mol. The molecule has 21 heavy (non-hydrogen) atoms. The SMILES string of the molecule is CC(=O)Nc1ccc(S(=O)(=O)N2CCN(C)CC2)cc1F. The van der Waals surface area contributed by atoms with E-state index in [0.29, 0.717) is 26.2 Å². The van der Waals surface area contributed by atoms with Crippen LogP contribution in [0.4, 0.5) is 10.1 Å². The molecule has 0 aromatic heterocycles. The van der Waals surface area contributed by atoms with Crippen molar-refractivity contribution in [3.05, 3.63) is 24.0 Å². The summed E-state index contributed by atoms with van der Waals surface area (Å²) in [6.07, 6.45) is 0. The quantitative estimate of drug-likeness (QED) is 0.892. The number of sulfonamides is 1. The molecule has 2 rings (SSSR count). The fourth-order valence-electron chi connectivity index (χ4n) is 2.12. The highest BCUT2D eigenvalue weighted by Gasteiger charge is 2.28. The second-order valence-electron chi connectivity index (χ2n) is 5.03. The zero-order valence-electron chi connectivity index (χ0n) is 12.0. The molecule has 1 saturated heterocycles. The van der Waals surface area contributed by atoms with E-state index in [1.165, 1.54) is 23.4 Å². The molecule has 1 N–H and O–H groups in total. The van der Waals surface area contributed by atoms with Crippen molar-refractivity contribution < 1.29 is 17.6 Å². The highest BCUT2D eigenvalue weighted by Crippen LogP contribution is 2.22. The van der Waals surface area contributed by atoms with Gasteiger partial charge in [0, 0.05) is 33.1 Å². The topological polar surface area (TPSA) is 69.7 Å². The minimum atomic E-state index is -3.70. The van der Waals surface area contributed by atoms with E-state index < -0.39 is 21.7 Å². The van der Waals surface area contributed by atoms with Crippen LogP contribution in [-0.2, 0) is 14.8 Å². The number of carbonyl (C=O) groups is 1. The fourth-order valence-corrected chi connectivity index (χ4v) is 3.56. The van der Waals surface area contributed by atoms with Gasteiger partial charge in [0.2, 0.25) is 15.9 Å². The summed E-state index contributed by atoms with van der Waals surface area (Å²) in [6.45, 7) is 3.31. The van der Waals surface area contributed by atoms with Crippen LogP contribution in [-0.4, -0.2) is 56.8 Å². The third kappa shape index (κ3) is 3.58. The molecule has 0 radical (unpaired) electrons. The summed E-state index contributed by atoms with van der Waals surface area (Å²) in [5.74, 6) is -1.18. The van der Waals surface area contributed by atoms with Crippen LogP contribution >= 0.6 is 0 Å². The number of benzene rings is 1. The molecule has 0 atom stereocenters. The third-order valence-corrected chi connectivity index (χ3v) is 5.25. The van der Waals surface area contributed by atoms with Gasteiger partial charge in [0.1, 0.15) is 5.82 Å². The standard InChI is InChI=1S/C13H18FN3O3S/c1-10(18)15-13-4-3-11(9-12(13)14)21(19,20)17-7-5-16(2)6-8-17/h3-4,9H,5-8H2,1-2H3,(H,15,18). The lowest BCUT2D eigenvalue weighted by Gasteiger charge is -2.31. The van der Waals surface area contributed by atoms with Crippen LogP contribution in [0.3, 0.4) is 0 Å². The lowest BCUT2D eigenvalue weighted by molar-refractivity contribution is -0.114. The molecule has 8 heteroatoms. The first-order valence-corrected chi connectivity index (χ1v) is 8.00. The maximum Gasteiger partial charge on any atom is 0.243 e. The molecule has 0 bridgehead atoms. The Morgan fingerprint density at radius 2 is 1.86 bits per heavy atom. The van der Waals surface area contributed by atoms with Crippen molar-refractivity contribution in [2.45, 2.75) is 11.8 Å². The molecule has 0 aliphatic carbocycles. The number of likely N-dealkylation sites (N-methyl/N-ethyl adjacent to an activating group) is 1. The van der Waals surface area contributed by atoms with Crippen molar-refractivity contribution in [3.8, 4) is 0 Å². The fraction of sp³-hybridized carbons (Fsp3) is 0.462. The highest BCUT2D eigenvalue weighted by molar-refractivity contribution is 7.89. The highest BCUT2D eigenvalue weighted by atomic mass is 32.2. The first-order valence-electron chi connectivity index (χ1n) is 6.56. The molecule has 6 nitrogen and oxygen atoms in total. The minimum absolute atomic E-state index is 0.0279. The molecule has 0 saturated carbocycles. The van der Waals surface area contributed by atoms with Crippen LogP contribution in [0.5, 0.6) is 0 Å². The summed E-state index contributed by atoms with van der Waals surface area (Å²) in [6, 6.07) is 3.51. The lowest BCUT2D eigenvalue weighted by Crippen LogP contribution is -2.47. The van der Waals surface area contributed by atoms with E-state index in [2.05, 4.69) is 5.32 Å². The van der Waals surface area contributed by atoms with E-state index in [4.69, 9.17) is 0 Å². The summed E-state index contributed by atoms with van der Waals surface area (Å²) in [7, 11) is -1.78. The molecule has 1 aliphatic heterocycles. The van der Waals surface area contributed by atoms with Crippen molar-refractivity contribution >= 4 is 21.6 Å². The van der Waals surface area contributed by atoms with Gasteiger partial charge in [-0.25, -0.2) is 12.8 Å². The third-order valence-electron chi connectivity index (χ3n) is 3.35. The molecule has 1 aromatic carbocycles. The number of piperazine rings is 1. The van der Waals surface area contributed by atoms with Crippen LogP contribution in [0, 0.1) is 5.82 Å². The first kappa shape index (κ1) is 15.9. The zero-order valence-corrected chi connectivity index (χ0v) is 12.8. The van der Waals surface area contributed by atoms with Gasteiger partial charge in [-0.2, -0.15) is 4.31 Å². The van der Waals surface area contributed by atoms with Gasteiger partial charge in [-0.05, 0) is 25.2 Å². The number of hydrogen-bond acceptors (Lipinski definition) is 4. The molecular formula is C13H18FN3O3S. The average molecular weight is 315 g/mol. The van der Waals surface area contributed by atoms with E-state index in [0.717, 1.165) is 6.07 Å². The summed E-state index contributed by atoms with van der Waals surface area (Å²) < 4.78 is 40.1. The van der Waals surface area contributed by atoms with E-state index in [1.54, 1.807) is 0 Å². The van der Waals surface area contributed by atoms with Crippen LogP contribution in [0.1, 0.15) is 6.92 Å². The van der Waals surface area contributed by atoms with Crippen LogP contribution < -0.4 is 5.32 Å². The van der Waals surface area contributed by atoms with Crippen molar-refractivity contribution in [2.75, 3.05) is 38.5 Å². The van der Waals surface area contributed by atoms with Crippen molar-refractivity contribution in [2.24, 2.45) is 0 Å². The minimum Gasteiger partial charge on any atom is -0.324 e. The number of amides is 1. The largest absolute Gasteiger partial charge is 0.324 e. The Hall–Kier alpha value is -1.51. The lowest BCUT2D eigenvalue weighted by atomic mass is 10.3. The van der Waals surface area contributed by atoms with Gasteiger partial charge in [-0.1, -0.05) is 0 Å². The Balaban J connectivity index is 2.24. The molecule has 1 aromatic rings. The number of halogens is 1. The maximum absolute atomic E-state index is 13.9. The number of nitrogens with one attached hydrogen (secondary N) is 1. The van der Waals surface area contributed by atoms with Gasteiger partial charge in [-0.3, -0.25) is 4.79 Å². The Morgan fingerprint density at radius 1 is 1.24 bits per heavy atom. The molecule has 0 unspecified atom stereocenters.